The van der Waals surface area contributed by atoms with Crippen LogP contribution in [0.15, 0.2) is 0 Å². The zero-order valence-electron chi connectivity index (χ0n) is 8.66. The molecular formula is C9H19NO2S. The highest BCUT2D eigenvalue weighted by molar-refractivity contribution is 7.92. The number of nitrogens with zero attached hydrogens (tertiary/aromatic N) is 1. The Kier molecular flexibility index (Phi) is 3.35. The third-order valence-electron chi connectivity index (χ3n) is 2.91. The van der Waals surface area contributed by atoms with Crippen molar-refractivity contribution in [2.75, 3.05) is 19.6 Å². The van der Waals surface area contributed by atoms with E-state index in [1.165, 1.54) is 0 Å². The zero-order valence-corrected chi connectivity index (χ0v) is 9.47. The van der Waals surface area contributed by atoms with Crippen molar-refractivity contribution in [2.45, 2.75) is 37.7 Å². The molecule has 0 N–H and O–H groups in total. The molecule has 0 aromatic heterocycles. The molecule has 1 aliphatic rings. The topological polar surface area (TPSA) is 37.4 Å². The molecule has 0 radical (unpaired) electrons. The molecule has 1 saturated heterocycles. The lowest BCUT2D eigenvalue weighted by atomic mass is 10.3. The third-order valence-corrected chi connectivity index (χ3v) is 5.59. The van der Waals surface area contributed by atoms with Gasteiger partial charge in [-0.3, -0.25) is 0 Å². The van der Waals surface area contributed by atoms with Crippen LogP contribution in [0.4, 0.5) is 0 Å². The van der Waals surface area contributed by atoms with E-state index in [1.807, 2.05) is 13.8 Å². The van der Waals surface area contributed by atoms with Crippen molar-refractivity contribution in [3.63, 3.8) is 0 Å². The molecule has 1 aliphatic heterocycles. The SMILES string of the molecule is CCC1CN(CC)CC(C)S1(=O)=O. The van der Waals surface area contributed by atoms with Crippen molar-refractivity contribution >= 4 is 9.84 Å². The van der Waals surface area contributed by atoms with Gasteiger partial charge in [0.2, 0.25) is 0 Å². The Morgan fingerprint density at radius 2 is 1.92 bits per heavy atom. The highest BCUT2D eigenvalue weighted by atomic mass is 32.2. The molecule has 1 rings (SSSR count). The first-order valence-electron chi connectivity index (χ1n) is 4.97. The lowest BCUT2D eigenvalue weighted by molar-refractivity contribution is 0.268. The fraction of sp³-hybridized carbons (Fsp3) is 1.00. The van der Waals surface area contributed by atoms with Gasteiger partial charge in [-0.1, -0.05) is 13.8 Å². The summed E-state index contributed by atoms with van der Waals surface area (Å²) in [5.74, 6) is 0. The molecule has 0 aromatic carbocycles. The molecule has 2 unspecified atom stereocenters. The summed E-state index contributed by atoms with van der Waals surface area (Å²) in [6, 6.07) is 0. The van der Waals surface area contributed by atoms with E-state index in [2.05, 4.69) is 11.8 Å². The summed E-state index contributed by atoms with van der Waals surface area (Å²) in [5.41, 5.74) is 0. The second-order valence-electron chi connectivity index (χ2n) is 3.78. The average molecular weight is 205 g/mol. The van der Waals surface area contributed by atoms with Crippen LogP contribution in [-0.4, -0.2) is 43.5 Å². The fourth-order valence-electron chi connectivity index (χ4n) is 1.88. The second kappa shape index (κ2) is 3.96. The quantitative estimate of drug-likeness (QED) is 0.672. The summed E-state index contributed by atoms with van der Waals surface area (Å²) in [6.07, 6.45) is 0.739. The second-order valence-corrected chi connectivity index (χ2v) is 6.43. The van der Waals surface area contributed by atoms with Crippen LogP contribution in [0.2, 0.25) is 0 Å². The number of hydrogen-bond acceptors (Lipinski definition) is 3. The van der Waals surface area contributed by atoms with Gasteiger partial charge in [-0.25, -0.2) is 8.42 Å². The highest BCUT2D eigenvalue weighted by Crippen LogP contribution is 2.20. The van der Waals surface area contributed by atoms with E-state index < -0.39 is 9.84 Å². The van der Waals surface area contributed by atoms with Crippen molar-refractivity contribution < 1.29 is 8.42 Å². The minimum Gasteiger partial charge on any atom is -0.301 e. The van der Waals surface area contributed by atoms with Gasteiger partial charge in [0.1, 0.15) is 0 Å². The van der Waals surface area contributed by atoms with Crippen molar-refractivity contribution in [1.29, 1.82) is 0 Å². The predicted molar refractivity (Wildman–Crippen MR) is 54.6 cm³/mol. The molecule has 0 aliphatic carbocycles. The smallest absolute Gasteiger partial charge is 0.158 e. The van der Waals surface area contributed by atoms with E-state index in [4.69, 9.17) is 0 Å². The minimum absolute atomic E-state index is 0.142. The molecular weight excluding hydrogens is 186 g/mol. The van der Waals surface area contributed by atoms with Gasteiger partial charge in [0.25, 0.3) is 0 Å². The average Bonchev–Trinajstić information content (AvgIpc) is 2.09. The maximum absolute atomic E-state index is 11.8. The maximum Gasteiger partial charge on any atom is 0.158 e. The fourth-order valence-corrected chi connectivity index (χ4v) is 3.84. The Labute approximate surface area is 81.0 Å². The van der Waals surface area contributed by atoms with Gasteiger partial charge in [-0.2, -0.15) is 0 Å². The Hall–Kier alpha value is -0.0900. The van der Waals surface area contributed by atoms with Gasteiger partial charge in [-0.15, -0.1) is 0 Å². The summed E-state index contributed by atoms with van der Waals surface area (Å²) < 4.78 is 23.6. The summed E-state index contributed by atoms with van der Waals surface area (Å²) in [6.45, 7) is 8.23. The Morgan fingerprint density at radius 1 is 1.31 bits per heavy atom. The summed E-state index contributed by atoms with van der Waals surface area (Å²) in [7, 11) is -2.84. The summed E-state index contributed by atoms with van der Waals surface area (Å²) in [4.78, 5) is 2.22. The van der Waals surface area contributed by atoms with Crippen LogP contribution in [0, 0.1) is 0 Å². The number of hydrogen-bond donors (Lipinski definition) is 0. The van der Waals surface area contributed by atoms with Crippen molar-refractivity contribution in [1.82, 2.24) is 4.90 Å². The minimum atomic E-state index is -2.84. The van der Waals surface area contributed by atoms with Gasteiger partial charge in [0.05, 0.1) is 10.5 Å². The van der Waals surface area contributed by atoms with Crippen LogP contribution >= 0.6 is 0 Å². The Morgan fingerprint density at radius 3 is 2.38 bits per heavy atom. The first-order chi connectivity index (χ1) is 6.02. The number of sulfone groups is 1. The third kappa shape index (κ3) is 2.05. The van der Waals surface area contributed by atoms with Crippen LogP contribution in [0.1, 0.15) is 27.2 Å². The lowest BCUT2D eigenvalue weighted by Crippen LogP contribution is -2.50. The van der Waals surface area contributed by atoms with Gasteiger partial charge < -0.3 is 4.90 Å². The van der Waals surface area contributed by atoms with Crippen LogP contribution in [0.5, 0.6) is 0 Å². The summed E-state index contributed by atoms with van der Waals surface area (Å²) >= 11 is 0. The van der Waals surface area contributed by atoms with Crippen molar-refractivity contribution in [3.05, 3.63) is 0 Å². The molecule has 0 saturated carbocycles. The lowest BCUT2D eigenvalue weighted by Gasteiger charge is -2.35. The van der Waals surface area contributed by atoms with E-state index in [9.17, 15) is 8.42 Å². The van der Waals surface area contributed by atoms with Crippen LogP contribution in [0.25, 0.3) is 0 Å². The molecule has 78 valence electrons. The van der Waals surface area contributed by atoms with E-state index in [1.54, 1.807) is 0 Å². The summed E-state index contributed by atoms with van der Waals surface area (Å²) in [5, 5.41) is -0.331. The standard InChI is InChI=1S/C9H19NO2S/c1-4-9-7-10(5-2)6-8(3)13(9,11)12/h8-9H,4-7H2,1-3H3. The molecule has 2 atom stereocenters. The molecule has 1 heterocycles. The van der Waals surface area contributed by atoms with Crippen LogP contribution in [0.3, 0.4) is 0 Å². The van der Waals surface area contributed by atoms with E-state index >= 15 is 0 Å². The van der Waals surface area contributed by atoms with Gasteiger partial charge >= 0.3 is 0 Å². The van der Waals surface area contributed by atoms with E-state index in [0.717, 1.165) is 19.5 Å². The first kappa shape index (κ1) is 11.0. The predicted octanol–water partition coefficient (Wildman–Crippen LogP) is 0.904. The van der Waals surface area contributed by atoms with Gasteiger partial charge in [-0.05, 0) is 19.9 Å². The van der Waals surface area contributed by atoms with Crippen LogP contribution < -0.4 is 0 Å². The normalized spacial score (nSPS) is 34.7. The largest absolute Gasteiger partial charge is 0.301 e. The molecule has 0 bridgehead atoms. The van der Waals surface area contributed by atoms with Crippen molar-refractivity contribution in [3.8, 4) is 0 Å². The maximum atomic E-state index is 11.8. The Bertz CT molecular complexity index is 261. The molecule has 13 heavy (non-hydrogen) atoms. The van der Waals surface area contributed by atoms with Gasteiger partial charge in [0.15, 0.2) is 9.84 Å². The molecule has 0 amide bonds. The molecule has 1 fully saturated rings. The van der Waals surface area contributed by atoms with E-state index in [0.29, 0.717) is 6.54 Å². The first-order valence-corrected chi connectivity index (χ1v) is 6.58. The number of rotatable bonds is 2. The molecule has 0 spiro atoms. The molecule has 4 heteroatoms. The highest BCUT2D eigenvalue weighted by Gasteiger charge is 2.36. The monoisotopic (exact) mass is 205 g/mol. The van der Waals surface area contributed by atoms with Crippen molar-refractivity contribution in [2.24, 2.45) is 0 Å². The van der Waals surface area contributed by atoms with E-state index in [-0.39, 0.29) is 10.5 Å². The van der Waals surface area contributed by atoms with Gasteiger partial charge in [0, 0.05) is 13.1 Å². The Balaban J connectivity index is 2.82. The molecule has 3 nitrogen and oxygen atoms in total. The molecule has 0 aromatic rings. The van der Waals surface area contributed by atoms with Crippen LogP contribution in [-0.2, 0) is 9.84 Å². The zero-order chi connectivity index (χ0) is 10.1.